The second-order valence-electron chi connectivity index (χ2n) is 9.69. The number of rotatable bonds is 9. The molecule has 0 fully saturated rings. The van der Waals surface area contributed by atoms with Crippen molar-refractivity contribution in [2.24, 2.45) is 0 Å². The molecule has 0 spiro atoms. The van der Waals surface area contributed by atoms with E-state index in [-0.39, 0.29) is 6.10 Å². The number of hydrogen-bond donors (Lipinski definition) is 1. The van der Waals surface area contributed by atoms with Crippen LogP contribution in [-0.4, -0.2) is 20.4 Å². The molecule has 1 atom stereocenters. The molecule has 0 aliphatic rings. The summed E-state index contributed by atoms with van der Waals surface area (Å²) in [6, 6.07) is 14.9. The Morgan fingerprint density at radius 1 is 0.871 bits per heavy atom. The van der Waals surface area contributed by atoms with Crippen molar-refractivity contribution >= 4 is 19.2 Å². The Bertz CT molecular complexity index is 969. The van der Waals surface area contributed by atoms with Gasteiger partial charge in [-0.1, -0.05) is 77.9 Å². The van der Waals surface area contributed by atoms with Crippen molar-refractivity contribution in [3.05, 3.63) is 65.4 Å². The smallest absolute Gasteiger partial charge is 0.201 e. The number of ether oxygens (including phenoxy) is 1. The molecule has 0 amide bonds. The quantitative estimate of drug-likeness (QED) is 0.344. The zero-order valence-corrected chi connectivity index (χ0v) is 21.5. The fourth-order valence-electron chi connectivity index (χ4n) is 5.50. The van der Waals surface area contributed by atoms with E-state index in [0.29, 0.717) is 16.6 Å². The van der Waals surface area contributed by atoms with E-state index in [1.165, 1.54) is 22.1 Å². The molecule has 1 heterocycles. The van der Waals surface area contributed by atoms with E-state index >= 15 is 0 Å². The predicted molar refractivity (Wildman–Crippen MR) is 135 cm³/mol. The predicted octanol–water partition coefficient (Wildman–Crippen LogP) is 7.96. The second-order valence-corrected chi connectivity index (χ2v) is 15.1. The highest BCUT2D eigenvalue weighted by Gasteiger charge is 2.46. The van der Waals surface area contributed by atoms with Gasteiger partial charge in [0.05, 0.1) is 18.7 Å². The van der Waals surface area contributed by atoms with Crippen LogP contribution in [0.15, 0.2) is 48.7 Å². The lowest BCUT2D eigenvalue weighted by Gasteiger charge is -2.45. The minimum Gasteiger partial charge on any atom is -0.496 e. The van der Waals surface area contributed by atoms with Crippen molar-refractivity contribution in [3.8, 4) is 5.75 Å². The maximum atomic E-state index is 7.32. The zero-order valence-electron chi connectivity index (χ0n) is 20.5. The van der Waals surface area contributed by atoms with Crippen molar-refractivity contribution < 1.29 is 9.16 Å². The lowest BCUT2D eigenvalue weighted by molar-refractivity contribution is 0.176. The summed E-state index contributed by atoms with van der Waals surface area (Å²) < 4.78 is 13.1. The van der Waals surface area contributed by atoms with Crippen LogP contribution < -0.4 is 4.74 Å². The van der Waals surface area contributed by atoms with Crippen LogP contribution in [0.1, 0.15) is 64.3 Å². The van der Waals surface area contributed by atoms with E-state index in [9.17, 15) is 0 Å². The molecule has 3 aromatic rings. The van der Waals surface area contributed by atoms with Gasteiger partial charge in [-0.25, -0.2) is 0 Å². The fraction of sp³-hybridized carbons (Fsp3) is 0.481. The van der Waals surface area contributed by atoms with Crippen LogP contribution in [0, 0.1) is 6.92 Å². The average Bonchev–Trinajstić information content (AvgIpc) is 3.16. The van der Waals surface area contributed by atoms with Gasteiger partial charge in [0.25, 0.3) is 0 Å². The summed E-state index contributed by atoms with van der Waals surface area (Å²) in [4.78, 5) is 3.49. The molecule has 4 heteroatoms. The van der Waals surface area contributed by atoms with Crippen LogP contribution in [0.5, 0.6) is 5.75 Å². The largest absolute Gasteiger partial charge is 0.496 e. The minimum absolute atomic E-state index is 0.0179. The third-order valence-corrected chi connectivity index (χ3v) is 13.0. The summed E-state index contributed by atoms with van der Waals surface area (Å²) in [5, 5.41) is 1.18. The van der Waals surface area contributed by atoms with Gasteiger partial charge in [-0.3, -0.25) is 0 Å². The summed E-state index contributed by atoms with van der Waals surface area (Å²) in [7, 11) is -0.298. The first-order valence-electron chi connectivity index (χ1n) is 11.6. The first-order chi connectivity index (χ1) is 14.7. The molecule has 31 heavy (non-hydrogen) atoms. The van der Waals surface area contributed by atoms with Crippen LogP contribution in [-0.2, 0) is 10.8 Å². The molecular formula is C27H39NO2Si. The van der Waals surface area contributed by atoms with Gasteiger partial charge in [0.15, 0.2) is 0 Å². The molecule has 0 saturated carbocycles. The Morgan fingerprint density at radius 2 is 1.48 bits per heavy atom. The Hall–Kier alpha value is -2.04. The van der Waals surface area contributed by atoms with Crippen molar-refractivity contribution in [1.29, 1.82) is 0 Å². The maximum absolute atomic E-state index is 7.32. The molecule has 3 rings (SSSR count). The standard InChI is InChI=1S/C27H39NO2Si/c1-18(2)31(19(3)4,20(5)6)30-25(22-12-10-9-11-13-22)16-23-17-28-27-21(7)14-15-24(29-8)26(23)27/h9-15,17-20,25,28H,16H2,1-8H3. The Morgan fingerprint density at radius 3 is 2.03 bits per heavy atom. The Kier molecular flexibility index (Phi) is 7.33. The Labute approximate surface area is 189 Å². The van der Waals surface area contributed by atoms with Gasteiger partial charge >= 0.3 is 0 Å². The highest BCUT2D eigenvalue weighted by molar-refractivity contribution is 6.77. The highest BCUT2D eigenvalue weighted by Crippen LogP contribution is 2.46. The number of H-pyrrole nitrogens is 1. The lowest BCUT2D eigenvalue weighted by atomic mass is 10.00. The topological polar surface area (TPSA) is 34.2 Å². The number of hydrogen-bond acceptors (Lipinski definition) is 2. The van der Waals surface area contributed by atoms with Crippen molar-refractivity contribution in [3.63, 3.8) is 0 Å². The van der Waals surface area contributed by atoms with Crippen molar-refractivity contribution in [1.82, 2.24) is 4.98 Å². The summed E-state index contributed by atoms with van der Waals surface area (Å²) in [6.07, 6.45) is 2.98. The van der Waals surface area contributed by atoms with Crippen LogP contribution in [0.25, 0.3) is 10.9 Å². The van der Waals surface area contributed by atoms with Crippen molar-refractivity contribution in [2.75, 3.05) is 7.11 Å². The van der Waals surface area contributed by atoms with E-state index in [1.54, 1.807) is 7.11 Å². The van der Waals surface area contributed by atoms with E-state index in [4.69, 9.17) is 9.16 Å². The van der Waals surface area contributed by atoms with Gasteiger partial charge in [0, 0.05) is 18.0 Å². The van der Waals surface area contributed by atoms with Crippen LogP contribution in [0.3, 0.4) is 0 Å². The van der Waals surface area contributed by atoms with E-state index in [2.05, 4.69) is 102 Å². The third kappa shape index (κ3) is 4.46. The molecule has 0 aliphatic carbocycles. The molecule has 0 aliphatic heterocycles. The zero-order chi connectivity index (χ0) is 22.8. The average molecular weight is 438 g/mol. The molecule has 1 unspecified atom stereocenters. The van der Waals surface area contributed by atoms with E-state index in [1.807, 2.05) is 0 Å². The summed E-state index contributed by atoms with van der Waals surface area (Å²) in [6.45, 7) is 16.3. The molecule has 1 N–H and O–H groups in total. The molecule has 2 aromatic carbocycles. The maximum Gasteiger partial charge on any atom is 0.201 e. The van der Waals surface area contributed by atoms with Gasteiger partial charge in [0.2, 0.25) is 8.32 Å². The number of aryl methyl sites for hydroxylation is 1. The molecule has 3 nitrogen and oxygen atoms in total. The van der Waals surface area contributed by atoms with Crippen LogP contribution >= 0.6 is 0 Å². The van der Waals surface area contributed by atoms with Crippen LogP contribution in [0.4, 0.5) is 0 Å². The number of aromatic nitrogens is 1. The normalized spacial score (nSPS) is 13.5. The first-order valence-corrected chi connectivity index (χ1v) is 13.7. The summed E-state index contributed by atoms with van der Waals surface area (Å²) in [5.41, 5.74) is 6.51. The number of methoxy groups -OCH3 is 1. The summed E-state index contributed by atoms with van der Waals surface area (Å²) in [5.74, 6) is 0.920. The van der Waals surface area contributed by atoms with Gasteiger partial charge in [0.1, 0.15) is 5.75 Å². The number of aromatic amines is 1. The van der Waals surface area contributed by atoms with Crippen molar-refractivity contribution in [2.45, 2.75) is 77.6 Å². The SMILES string of the molecule is COc1ccc(C)c2[nH]cc(CC(O[Si](C(C)C)(C(C)C)C(C)C)c3ccccc3)c12. The number of benzene rings is 2. The fourth-order valence-corrected chi connectivity index (χ4v) is 11.0. The van der Waals surface area contributed by atoms with Gasteiger partial charge in [-0.05, 0) is 46.3 Å². The minimum atomic E-state index is -2.05. The summed E-state index contributed by atoms with van der Waals surface area (Å²) >= 11 is 0. The molecule has 0 radical (unpaired) electrons. The monoisotopic (exact) mass is 437 g/mol. The van der Waals surface area contributed by atoms with Gasteiger partial charge in [-0.2, -0.15) is 0 Å². The van der Waals surface area contributed by atoms with E-state index < -0.39 is 8.32 Å². The molecular weight excluding hydrogens is 398 g/mol. The van der Waals surface area contributed by atoms with Crippen LogP contribution in [0.2, 0.25) is 16.6 Å². The molecule has 0 bridgehead atoms. The van der Waals surface area contributed by atoms with E-state index in [0.717, 1.165) is 17.7 Å². The lowest BCUT2D eigenvalue weighted by Crippen LogP contribution is -2.48. The molecule has 1 aromatic heterocycles. The van der Waals surface area contributed by atoms with Gasteiger partial charge < -0.3 is 14.1 Å². The van der Waals surface area contributed by atoms with Gasteiger partial charge in [-0.15, -0.1) is 0 Å². The second kappa shape index (κ2) is 9.62. The number of nitrogens with one attached hydrogen (secondary N) is 1. The first kappa shape index (κ1) is 23.6. The molecule has 168 valence electrons. The highest BCUT2D eigenvalue weighted by atomic mass is 28.4. The number of fused-ring (bicyclic) bond motifs is 1. The third-order valence-electron chi connectivity index (χ3n) is 6.94. The molecule has 0 saturated heterocycles. The Balaban J connectivity index is 2.10.